The highest BCUT2D eigenvalue weighted by molar-refractivity contribution is 5.87. The third kappa shape index (κ3) is 2.07. The van der Waals surface area contributed by atoms with Crippen molar-refractivity contribution in [3.63, 3.8) is 0 Å². The van der Waals surface area contributed by atoms with Crippen molar-refractivity contribution in [3.8, 4) is 0 Å². The summed E-state index contributed by atoms with van der Waals surface area (Å²) in [5.41, 5.74) is -0.454. The molecule has 1 atom stereocenters. The third-order valence-electron chi connectivity index (χ3n) is 2.40. The zero-order chi connectivity index (χ0) is 9.19. The zero-order valence-electron chi connectivity index (χ0n) is 8.22. The van der Waals surface area contributed by atoms with Crippen molar-refractivity contribution in [2.24, 2.45) is 5.92 Å². The van der Waals surface area contributed by atoms with Crippen LogP contribution in [-0.2, 0) is 9.53 Å². The van der Waals surface area contributed by atoms with Gasteiger partial charge in [-0.15, -0.1) is 0 Å². The van der Waals surface area contributed by atoms with Crippen molar-refractivity contribution in [2.45, 2.75) is 45.6 Å². The fraction of sp³-hybridized carbons (Fsp3) is 0.900. The molecule has 1 unspecified atom stereocenters. The van der Waals surface area contributed by atoms with Crippen LogP contribution in [0.1, 0.15) is 40.0 Å². The standard InChI is InChI=1S/C10H18O2/c1-8(2)7-9(11)10(3)5-4-6-12-10/h8H,4-7H2,1-3H3. The molecule has 2 heteroatoms. The van der Waals surface area contributed by atoms with E-state index < -0.39 is 5.60 Å². The van der Waals surface area contributed by atoms with Gasteiger partial charge < -0.3 is 4.74 Å². The average molecular weight is 170 g/mol. The molecule has 0 aromatic carbocycles. The van der Waals surface area contributed by atoms with Crippen LogP contribution in [-0.4, -0.2) is 18.0 Å². The topological polar surface area (TPSA) is 26.3 Å². The number of ketones is 1. The van der Waals surface area contributed by atoms with Crippen molar-refractivity contribution in [3.05, 3.63) is 0 Å². The number of hydrogen-bond acceptors (Lipinski definition) is 2. The van der Waals surface area contributed by atoms with E-state index in [1.807, 2.05) is 6.92 Å². The smallest absolute Gasteiger partial charge is 0.164 e. The second kappa shape index (κ2) is 3.56. The molecular weight excluding hydrogens is 152 g/mol. The minimum Gasteiger partial charge on any atom is -0.368 e. The fourth-order valence-electron chi connectivity index (χ4n) is 1.59. The third-order valence-corrected chi connectivity index (χ3v) is 2.40. The van der Waals surface area contributed by atoms with E-state index in [1.54, 1.807) is 0 Å². The fourth-order valence-corrected chi connectivity index (χ4v) is 1.59. The van der Waals surface area contributed by atoms with E-state index in [4.69, 9.17) is 4.74 Å². The second-order valence-electron chi connectivity index (χ2n) is 4.20. The van der Waals surface area contributed by atoms with Crippen LogP contribution in [0.15, 0.2) is 0 Å². The van der Waals surface area contributed by atoms with Gasteiger partial charge >= 0.3 is 0 Å². The first kappa shape index (κ1) is 9.72. The first-order valence-electron chi connectivity index (χ1n) is 4.72. The lowest BCUT2D eigenvalue weighted by molar-refractivity contribution is -0.137. The van der Waals surface area contributed by atoms with E-state index >= 15 is 0 Å². The Kier molecular flexibility index (Phi) is 2.89. The van der Waals surface area contributed by atoms with Crippen LogP contribution >= 0.6 is 0 Å². The molecule has 1 aliphatic heterocycles. The van der Waals surface area contributed by atoms with Gasteiger partial charge in [0.1, 0.15) is 5.60 Å². The summed E-state index contributed by atoms with van der Waals surface area (Å²) < 4.78 is 5.45. The van der Waals surface area contributed by atoms with Gasteiger partial charge in [-0.1, -0.05) is 13.8 Å². The molecule has 0 aromatic heterocycles. The molecule has 1 heterocycles. The van der Waals surface area contributed by atoms with Crippen LogP contribution in [0.4, 0.5) is 0 Å². The van der Waals surface area contributed by atoms with Crippen LogP contribution in [0.25, 0.3) is 0 Å². The van der Waals surface area contributed by atoms with Crippen LogP contribution in [0, 0.1) is 5.92 Å². The van der Waals surface area contributed by atoms with Crippen molar-refractivity contribution in [2.75, 3.05) is 6.61 Å². The number of hydrogen-bond donors (Lipinski definition) is 0. The van der Waals surface area contributed by atoms with Gasteiger partial charge in [-0.3, -0.25) is 4.79 Å². The van der Waals surface area contributed by atoms with E-state index in [9.17, 15) is 4.79 Å². The summed E-state index contributed by atoms with van der Waals surface area (Å²) in [5, 5.41) is 0. The first-order chi connectivity index (χ1) is 5.54. The van der Waals surface area contributed by atoms with E-state index in [-0.39, 0.29) is 5.78 Å². The predicted molar refractivity (Wildman–Crippen MR) is 48.1 cm³/mol. The molecule has 0 aliphatic carbocycles. The van der Waals surface area contributed by atoms with Gasteiger partial charge in [-0.25, -0.2) is 0 Å². The van der Waals surface area contributed by atoms with Gasteiger partial charge in [0.05, 0.1) is 0 Å². The lowest BCUT2D eigenvalue weighted by Crippen LogP contribution is -2.34. The quantitative estimate of drug-likeness (QED) is 0.649. The summed E-state index contributed by atoms with van der Waals surface area (Å²) in [5.74, 6) is 0.716. The summed E-state index contributed by atoms with van der Waals surface area (Å²) in [6.45, 7) is 6.80. The highest BCUT2D eigenvalue weighted by Crippen LogP contribution is 2.28. The van der Waals surface area contributed by atoms with Gasteiger partial charge in [0.25, 0.3) is 0 Å². The largest absolute Gasteiger partial charge is 0.368 e. The highest BCUT2D eigenvalue weighted by atomic mass is 16.5. The Morgan fingerprint density at radius 1 is 1.58 bits per heavy atom. The Hall–Kier alpha value is -0.370. The Morgan fingerprint density at radius 3 is 2.67 bits per heavy atom. The van der Waals surface area contributed by atoms with Crippen LogP contribution < -0.4 is 0 Å². The lowest BCUT2D eigenvalue weighted by Gasteiger charge is -2.22. The monoisotopic (exact) mass is 170 g/mol. The maximum Gasteiger partial charge on any atom is 0.164 e. The second-order valence-corrected chi connectivity index (χ2v) is 4.20. The summed E-state index contributed by atoms with van der Waals surface area (Å²) >= 11 is 0. The van der Waals surface area contributed by atoms with Crippen molar-refractivity contribution in [1.82, 2.24) is 0 Å². The zero-order valence-corrected chi connectivity index (χ0v) is 8.22. The molecule has 1 aliphatic rings. The van der Waals surface area contributed by atoms with E-state index in [0.717, 1.165) is 19.4 Å². The van der Waals surface area contributed by atoms with Crippen LogP contribution in [0.3, 0.4) is 0 Å². The Balaban J connectivity index is 2.50. The highest BCUT2D eigenvalue weighted by Gasteiger charge is 2.36. The molecule has 1 fully saturated rings. The van der Waals surface area contributed by atoms with Gasteiger partial charge in [-0.2, -0.15) is 0 Å². The van der Waals surface area contributed by atoms with E-state index in [1.165, 1.54) is 0 Å². The Labute approximate surface area is 74.3 Å². The lowest BCUT2D eigenvalue weighted by atomic mass is 9.91. The van der Waals surface area contributed by atoms with Gasteiger partial charge in [0.15, 0.2) is 5.78 Å². The van der Waals surface area contributed by atoms with Crippen LogP contribution in [0.5, 0.6) is 0 Å². The number of carbonyl (C=O) groups excluding carboxylic acids is 1. The number of carbonyl (C=O) groups is 1. The van der Waals surface area contributed by atoms with Gasteiger partial charge in [0.2, 0.25) is 0 Å². The molecule has 70 valence electrons. The first-order valence-corrected chi connectivity index (χ1v) is 4.72. The van der Waals surface area contributed by atoms with E-state index in [2.05, 4.69) is 13.8 Å². The maximum atomic E-state index is 11.7. The molecule has 0 spiro atoms. The average Bonchev–Trinajstić information content (AvgIpc) is 2.36. The number of rotatable bonds is 3. The molecule has 0 saturated carbocycles. The molecule has 0 radical (unpaired) electrons. The van der Waals surface area contributed by atoms with Crippen molar-refractivity contribution >= 4 is 5.78 Å². The van der Waals surface area contributed by atoms with Crippen molar-refractivity contribution < 1.29 is 9.53 Å². The molecule has 0 N–H and O–H groups in total. The minimum atomic E-state index is -0.454. The van der Waals surface area contributed by atoms with Gasteiger partial charge in [0, 0.05) is 13.0 Å². The Morgan fingerprint density at radius 2 is 2.25 bits per heavy atom. The van der Waals surface area contributed by atoms with Gasteiger partial charge in [-0.05, 0) is 25.7 Å². The van der Waals surface area contributed by atoms with Crippen LogP contribution in [0.2, 0.25) is 0 Å². The summed E-state index contributed by atoms with van der Waals surface area (Å²) in [7, 11) is 0. The normalized spacial score (nSPS) is 29.7. The SMILES string of the molecule is CC(C)CC(=O)C1(C)CCCO1. The summed E-state index contributed by atoms with van der Waals surface area (Å²) in [6.07, 6.45) is 2.58. The maximum absolute atomic E-state index is 11.7. The Bertz CT molecular complexity index is 167. The summed E-state index contributed by atoms with van der Waals surface area (Å²) in [6, 6.07) is 0. The minimum absolute atomic E-state index is 0.273. The molecule has 1 rings (SSSR count). The van der Waals surface area contributed by atoms with Crippen molar-refractivity contribution in [1.29, 1.82) is 0 Å². The molecule has 2 nitrogen and oxygen atoms in total. The molecule has 0 bridgehead atoms. The molecule has 1 saturated heterocycles. The molecular formula is C10H18O2. The molecule has 0 amide bonds. The molecule has 12 heavy (non-hydrogen) atoms. The predicted octanol–water partition coefficient (Wildman–Crippen LogP) is 2.17. The number of ether oxygens (including phenoxy) is 1. The number of Topliss-reactive ketones (excluding diaryl/α,β-unsaturated/α-hetero) is 1. The summed E-state index contributed by atoms with van der Waals surface area (Å²) in [4.78, 5) is 11.7. The van der Waals surface area contributed by atoms with E-state index in [0.29, 0.717) is 12.3 Å². The molecule has 0 aromatic rings.